The van der Waals surface area contributed by atoms with Gasteiger partial charge in [-0.25, -0.2) is 9.97 Å². The van der Waals surface area contributed by atoms with Gasteiger partial charge in [-0.2, -0.15) is 5.26 Å². The van der Waals surface area contributed by atoms with Crippen molar-refractivity contribution in [2.24, 2.45) is 0 Å². The Balaban J connectivity index is 1.76. The number of hydrogen-bond acceptors (Lipinski definition) is 5. The second kappa shape index (κ2) is 6.61. The maximum absolute atomic E-state index is 10.2. The summed E-state index contributed by atoms with van der Waals surface area (Å²) in [5, 5.41) is 20.3. The normalized spacial score (nSPS) is 11.9. The molecule has 0 saturated carbocycles. The van der Waals surface area contributed by atoms with Gasteiger partial charge in [0.1, 0.15) is 19.0 Å². The fourth-order valence-electron chi connectivity index (χ4n) is 2.15. The zero-order chi connectivity index (χ0) is 16.2. The molecule has 0 spiro atoms. The second-order valence-electron chi connectivity index (χ2n) is 4.90. The molecule has 0 aliphatic heterocycles. The van der Waals surface area contributed by atoms with E-state index in [0.717, 1.165) is 5.39 Å². The number of aliphatic hydroxyl groups excluding tert-OH is 1. The lowest BCUT2D eigenvalue weighted by atomic mass is 10.1. The minimum atomic E-state index is -0.819. The van der Waals surface area contributed by atoms with E-state index in [9.17, 15) is 5.11 Å². The van der Waals surface area contributed by atoms with Gasteiger partial charge in [-0.05, 0) is 35.9 Å². The summed E-state index contributed by atoms with van der Waals surface area (Å²) >= 11 is 5.94. The molecule has 0 fully saturated rings. The zero-order valence-corrected chi connectivity index (χ0v) is 12.7. The lowest BCUT2D eigenvalue weighted by Crippen LogP contribution is -2.10. The third-order valence-electron chi connectivity index (χ3n) is 3.36. The Hall–Kier alpha value is -2.68. The molecule has 23 heavy (non-hydrogen) atoms. The number of aromatic nitrogens is 2. The molecule has 0 bridgehead atoms. The number of ether oxygens (including phenoxy) is 1. The number of fused-ring (bicyclic) bond motifs is 1. The van der Waals surface area contributed by atoms with Crippen molar-refractivity contribution >= 4 is 22.5 Å². The van der Waals surface area contributed by atoms with Gasteiger partial charge in [-0.15, -0.1) is 0 Å². The Morgan fingerprint density at radius 1 is 1.17 bits per heavy atom. The molecular formula is C17H12ClN3O2. The van der Waals surface area contributed by atoms with E-state index in [2.05, 4.69) is 9.97 Å². The first kappa shape index (κ1) is 15.2. The summed E-state index contributed by atoms with van der Waals surface area (Å²) in [7, 11) is 0. The number of nitrogens with zero attached hydrogens (tertiary/aromatic N) is 3. The summed E-state index contributed by atoms with van der Waals surface area (Å²) < 4.78 is 5.62. The quantitative estimate of drug-likeness (QED) is 0.796. The highest BCUT2D eigenvalue weighted by atomic mass is 35.5. The molecule has 6 heteroatoms. The number of rotatable bonds is 4. The minimum absolute atomic E-state index is 0.0423. The van der Waals surface area contributed by atoms with Crippen LogP contribution in [0, 0.1) is 11.3 Å². The molecule has 3 rings (SSSR count). The fourth-order valence-corrected chi connectivity index (χ4v) is 2.32. The molecule has 114 valence electrons. The summed E-state index contributed by atoms with van der Waals surface area (Å²) in [5.41, 5.74) is 1.89. The SMILES string of the molecule is N#Cc1ccc(C(O)COc2ncnc3cc(Cl)ccc23)cc1. The summed E-state index contributed by atoms with van der Waals surface area (Å²) in [4.78, 5) is 8.24. The monoisotopic (exact) mass is 325 g/mol. The van der Waals surface area contributed by atoms with Gasteiger partial charge < -0.3 is 9.84 Å². The lowest BCUT2D eigenvalue weighted by molar-refractivity contribution is 0.106. The number of halogens is 1. The van der Waals surface area contributed by atoms with Crippen LogP contribution in [0.1, 0.15) is 17.2 Å². The zero-order valence-electron chi connectivity index (χ0n) is 12.0. The van der Waals surface area contributed by atoms with E-state index in [1.54, 1.807) is 42.5 Å². The molecule has 0 saturated heterocycles. The summed E-state index contributed by atoms with van der Waals surface area (Å²) in [6, 6.07) is 14.0. The van der Waals surface area contributed by atoms with Gasteiger partial charge in [-0.1, -0.05) is 23.7 Å². The van der Waals surface area contributed by atoms with Crippen LogP contribution in [0.2, 0.25) is 5.02 Å². The van der Waals surface area contributed by atoms with E-state index in [1.165, 1.54) is 6.33 Å². The van der Waals surface area contributed by atoms with Crippen LogP contribution in [0.15, 0.2) is 48.8 Å². The van der Waals surface area contributed by atoms with E-state index < -0.39 is 6.10 Å². The highest BCUT2D eigenvalue weighted by Gasteiger charge is 2.11. The number of hydrogen-bond donors (Lipinski definition) is 1. The van der Waals surface area contributed by atoms with Crippen molar-refractivity contribution in [2.75, 3.05) is 6.61 Å². The van der Waals surface area contributed by atoms with Gasteiger partial charge in [0.25, 0.3) is 0 Å². The van der Waals surface area contributed by atoms with E-state index in [0.29, 0.717) is 27.5 Å². The molecule has 0 amide bonds. The van der Waals surface area contributed by atoms with E-state index in [-0.39, 0.29) is 6.61 Å². The average molecular weight is 326 g/mol. The second-order valence-corrected chi connectivity index (χ2v) is 5.34. The van der Waals surface area contributed by atoms with Crippen molar-refractivity contribution < 1.29 is 9.84 Å². The molecule has 0 radical (unpaired) electrons. The van der Waals surface area contributed by atoms with Crippen LogP contribution in [0.5, 0.6) is 5.88 Å². The highest BCUT2D eigenvalue weighted by molar-refractivity contribution is 6.31. The predicted octanol–water partition coefficient (Wildman–Crippen LogP) is 3.27. The Morgan fingerprint density at radius 3 is 2.70 bits per heavy atom. The van der Waals surface area contributed by atoms with Gasteiger partial charge in [-0.3, -0.25) is 0 Å². The first-order chi connectivity index (χ1) is 11.2. The fraction of sp³-hybridized carbons (Fsp3) is 0.118. The van der Waals surface area contributed by atoms with Crippen LogP contribution >= 0.6 is 11.6 Å². The molecule has 5 nitrogen and oxygen atoms in total. The Labute approximate surface area is 137 Å². The van der Waals surface area contributed by atoms with E-state index in [1.807, 2.05) is 6.07 Å². The van der Waals surface area contributed by atoms with E-state index in [4.69, 9.17) is 21.6 Å². The van der Waals surface area contributed by atoms with Gasteiger partial charge >= 0.3 is 0 Å². The summed E-state index contributed by atoms with van der Waals surface area (Å²) in [6.07, 6.45) is 0.572. The van der Waals surface area contributed by atoms with Crippen molar-refractivity contribution in [1.82, 2.24) is 9.97 Å². The van der Waals surface area contributed by atoms with Gasteiger partial charge in [0.2, 0.25) is 5.88 Å². The third-order valence-corrected chi connectivity index (χ3v) is 3.60. The Morgan fingerprint density at radius 2 is 1.96 bits per heavy atom. The highest BCUT2D eigenvalue weighted by Crippen LogP contribution is 2.25. The average Bonchev–Trinajstić information content (AvgIpc) is 2.59. The smallest absolute Gasteiger partial charge is 0.224 e. The Bertz CT molecular complexity index is 875. The van der Waals surface area contributed by atoms with Crippen LogP contribution in [0.25, 0.3) is 10.9 Å². The largest absolute Gasteiger partial charge is 0.474 e. The summed E-state index contributed by atoms with van der Waals surface area (Å²) in [6.45, 7) is 0.0423. The maximum Gasteiger partial charge on any atom is 0.224 e. The van der Waals surface area contributed by atoms with Crippen LogP contribution in [0.4, 0.5) is 0 Å². The van der Waals surface area contributed by atoms with Crippen molar-refractivity contribution in [2.45, 2.75) is 6.10 Å². The Kier molecular flexibility index (Phi) is 4.38. The van der Waals surface area contributed by atoms with Crippen LogP contribution < -0.4 is 4.74 Å². The van der Waals surface area contributed by atoms with Crippen molar-refractivity contribution in [3.8, 4) is 11.9 Å². The number of nitriles is 1. The molecule has 0 aliphatic carbocycles. The van der Waals surface area contributed by atoms with Gasteiger partial charge in [0.05, 0.1) is 22.5 Å². The van der Waals surface area contributed by atoms with E-state index >= 15 is 0 Å². The standard InChI is InChI=1S/C17H12ClN3O2/c18-13-5-6-14-15(7-13)20-10-21-17(14)23-9-16(22)12-3-1-11(8-19)2-4-12/h1-7,10,16,22H,9H2. The molecule has 1 atom stereocenters. The summed E-state index contributed by atoms with van der Waals surface area (Å²) in [5.74, 6) is 0.388. The van der Waals surface area contributed by atoms with Crippen molar-refractivity contribution in [3.63, 3.8) is 0 Å². The molecule has 1 heterocycles. The van der Waals surface area contributed by atoms with Crippen molar-refractivity contribution in [3.05, 3.63) is 64.9 Å². The molecule has 1 unspecified atom stereocenters. The lowest BCUT2D eigenvalue weighted by Gasteiger charge is -2.13. The molecule has 2 aromatic carbocycles. The van der Waals surface area contributed by atoms with Crippen LogP contribution in [0.3, 0.4) is 0 Å². The first-order valence-electron chi connectivity index (χ1n) is 6.88. The van der Waals surface area contributed by atoms with Gasteiger partial charge in [0.15, 0.2) is 0 Å². The molecule has 1 N–H and O–H groups in total. The van der Waals surface area contributed by atoms with Gasteiger partial charge in [0, 0.05) is 5.02 Å². The third kappa shape index (κ3) is 3.39. The topological polar surface area (TPSA) is 79.0 Å². The van der Waals surface area contributed by atoms with Crippen LogP contribution in [-0.2, 0) is 0 Å². The minimum Gasteiger partial charge on any atom is -0.474 e. The number of benzene rings is 2. The molecular weight excluding hydrogens is 314 g/mol. The predicted molar refractivity (Wildman–Crippen MR) is 86.2 cm³/mol. The van der Waals surface area contributed by atoms with Crippen molar-refractivity contribution in [1.29, 1.82) is 5.26 Å². The molecule has 0 aliphatic rings. The first-order valence-corrected chi connectivity index (χ1v) is 7.26. The molecule has 3 aromatic rings. The number of aliphatic hydroxyl groups is 1. The molecule has 1 aromatic heterocycles. The maximum atomic E-state index is 10.2. The van der Waals surface area contributed by atoms with Crippen LogP contribution in [-0.4, -0.2) is 21.7 Å².